The highest BCUT2D eigenvalue weighted by Gasteiger charge is 2.33. The van der Waals surface area contributed by atoms with Crippen LogP contribution in [0.15, 0.2) is 18.2 Å². The number of nitrogens with one attached hydrogen (secondary N) is 2. The van der Waals surface area contributed by atoms with Gasteiger partial charge in [-0.3, -0.25) is 9.69 Å². The standard InChI is InChI=1S/C16H24N4O/c1-16(2)11-20(9-8-19(16)3)15(21)12-4-5-13-14(10-12)18-7-6-17-13/h4-5,10,17-18H,6-9,11H2,1-3H3. The molecule has 0 bridgehead atoms. The molecular weight excluding hydrogens is 264 g/mol. The van der Waals surface area contributed by atoms with Crippen molar-refractivity contribution in [1.29, 1.82) is 0 Å². The van der Waals surface area contributed by atoms with Crippen LogP contribution < -0.4 is 10.6 Å². The third kappa shape index (κ3) is 2.70. The van der Waals surface area contributed by atoms with Crippen LogP contribution in [-0.4, -0.2) is 61.0 Å². The molecule has 1 fully saturated rings. The zero-order valence-corrected chi connectivity index (χ0v) is 13.1. The van der Waals surface area contributed by atoms with E-state index in [0.717, 1.165) is 49.7 Å². The van der Waals surface area contributed by atoms with E-state index < -0.39 is 0 Å². The van der Waals surface area contributed by atoms with Crippen molar-refractivity contribution in [3.8, 4) is 0 Å². The van der Waals surface area contributed by atoms with Crippen LogP contribution in [-0.2, 0) is 0 Å². The molecule has 0 aromatic heterocycles. The van der Waals surface area contributed by atoms with Crippen LogP contribution in [0.25, 0.3) is 0 Å². The fourth-order valence-electron chi connectivity index (χ4n) is 2.97. The Balaban J connectivity index is 1.79. The van der Waals surface area contributed by atoms with Gasteiger partial charge >= 0.3 is 0 Å². The largest absolute Gasteiger partial charge is 0.382 e. The van der Waals surface area contributed by atoms with Gasteiger partial charge in [0.15, 0.2) is 0 Å². The predicted octanol–water partition coefficient (Wildman–Crippen LogP) is 1.69. The van der Waals surface area contributed by atoms with E-state index in [0.29, 0.717) is 0 Å². The number of anilines is 2. The second-order valence-electron chi connectivity index (χ2n) is 6.57. The molecule has 2 N–H and O–H groups in total. The van der Waals surface area contributed by atoms with Crippen molar-refractivity contribution in [3.05, 3.63) is 23.8 Å². The molecule has 0 radical (unpaired) electrons. The van der Waals surface area contributed by atoms with Gasteiger partial charge in [0.05, 0.1) is 11.4 Å². The van der Waals surface area contributed by atoms with Gasteiger partial charge in [0, 0.05) is 43.8 Å². The lowest BCUT2D eigenvalue weighted by atomic mass is 9.99. The monoisotopic (exact) mass is 288 g/mol. The molecule has 0 atom stereocenters. The lowest BCUT2D eigenvalue weighted by Crippen LogP contribution is -2.58. The van der Waals surface area contributed by atoms with Crippen molar-refractivity contribution in [2.75, 3.05) is 50.4 Å². The van der Waals surface area contributed by atoms with Gasteiger partial charge in [-0.25, -0.2) is 0 Å². The Bertz CT molecular complexity index is 555. The summed E-state index contributed by atoms with van der Waals surface area (Å²) in [6.07, 6.45) is 0. The maximum Gasteiger partial charge on any atom is 0.254 e. The van der Waals surface area contributed by atoms with E-state index >= 15 is 0 Å². The number of likely N-dealkylation sites (N-methyl/N-ethyl adjacent to an activating group) is 1. The highest BCUT2D eigenvalue weighted by Crippen LogP contribution is 2.27. The first-order valence-corrected chi connectivity index (χ1v) is 7.60. The first-order valence-electron chi connectivity index (χ1n) is 7.60. The van der Waals surface area contributed by atoms with Crippen LogP contribution >= 0.6 is 0 Å². The van der Waals surface area contributed by atoms with Gasteiger partial charge in [-0.1, -0.05) is 0 Å². The molecule has 0 unspecified atom stereocenters. The SMILES string of the molecule is CN1CCN(C(=O)c2ccc3c(c2)NCCN3)CC1(C)C. The van der Waals surface area contributed by atoms with Gasteiger partial charge in [0.2, 0.25) is 0 Å². The number of fused-ring (bicyclic) bond motifs is 1. The van der Waals surface area contributed by atoms with E-state index in [2.05, 4.69) is 36.4 Å². The Morgan fingerprint density at radius 1 is 1.14 bits per heavy atom. The molecule has 21 heavy (non-hydrogen) atoms. The third-order valence-corrected chi connectivity index (χ3v) is 4.63. The van der Waals surface area contributed by atoms with Crippen molar-refractivity contribution < 1.29 is 4.79 Å². The highest BCUT2D eigenvalue weighted by atomic mass is 16.2. The smallest absolute Gasteiger partial charge is 0.254 e. The van der Waals surface area contributed by atoms with Crippen LogP contribution in [0.2, 0.25) is 0 Å². The zero-order chi connectivity index (χ0) is 15.0. The van der Waals surface area contributed by atoms with Crippen molar-refractivity contribution >= 4 is 17.3 Å². The van der Waals surface area contributed by atoms with Gasteiger partial charge in [0.25, 0.3) is 5.91 Å². The number of hydrogen-bond acceptors (Lipinski definition) is 4. The van der Waals surface area contributed by atoms with E-state index in [1.807, 2.05) is 23.1 Å². The zero-order valence-electron chi connectivity index (χ0n) is 13.1. The van der Waals surface area contributed by atoms with Gasteiger partial charge < -0.3 is 15.5 Å². The Kier molecular flexibility index (Phi) is 3.53. The number of hydrogen-bond donors (Lipinski definition) is 2. The molecule has 114 valence electrons. The third-order valence-electron chi connectivity index (χ3n) is 4.63. The van der Waals surface area contributed by atoms with Crippen LogP contribution in [0, 0.1) is 0 Å². The number of benzene rings is 1. The molecule has 1 aromatic carbocycles. The Morgan fingerprint density at radius 3 is 2.57 bits per heavy atom. The van der Waals surface area contributed by atoms with E-state index in [9.17, 15) is 4.79 Å². The first-order chi connectivity index (χ1) is 9.97. The topological polar surface area (TPSA) is 47.6 Å². The summed E-state index contributed by atoms with van der Waals surface area (Å²) in [5, 5.41) is 6.68. The van der Waals surface area contributed by atoms with Gasteiger partial charge in [0.1, 0.15) is 0 Å². The van der Waals surface area contributed by atoms with E-state index in [1.165, 1.54) is 0 Å². The molecule has 3 rings (SSSR count). The molecular formula is C16H24N4O. The van der Waals surface area contributed by atoms with Gasteiger partial charge in [-0.05, 0) is 39.1 Å². The van der Waals surface area contributed by atoms with Crippen LogP contribution in [0.4, 0.5) is 11.4 Å². The Hall–Kier alpha value is -1.75. The summed E-state index contributed by atoms with van der Waals surface area (Å²) in [7, 11) is 2.12. The summed E-state index contributed by atoms with van der Waals surface area (Å²) < 4.78 is 0. The average Bonchev–Trinajstić information content (AvgIpc) is 2.48. The highest BCUT2D eigenvalue weighted by molar-refractivity contribution is 5.96. The quantitative estimate of drug-likeness (QED) is 0.825. The molecule has 2 aliphatic rings. The van der Waals surface area contributed by atoms with Crippen molar-refractivity contribution in [3.63, 3.8) is 0 Å². The molecule has 0 spiro atoms. The van der Waals surface area contributed by atoms with Crippen molar-refractivity contribution in [1.82, 2.24) is 9.80 Å². The van der Waals surface area contributed by atoms with Crippen LogP contribution in [0.5, 0.6) is 0 Å². The number of piperazine rings is 1. The molecule has 1 amide bonds. The molecule has 5 heteroatoms. The van der Waals surface area contributed by atoms with Crippen molar-refractivity contribution in [2.45, 2.75) is 19.4 Å². The molecule has 5 nitrogen and oxygen atoms in total. The lowest BCUT2D eigenvalue weighted by molar-refractivity contribution is 0.0311. The summed E-state index contributed by atoms with van der Waals surface area (Å²) in [5.41, 5.74) is 2.91. The number of carbonyl (C=O) groups is 1. The minimum absolute atomic E-state index is 0.0297. The molecule has 1 saturated heterocycles. The second-order valence-corrected chi connectivity index (χ2v) is 6.57. The number of nitrogens with zero attached hydrogens (tertiary/aromatic N) is 2. The summed E-state index contributed by atoms with van der Waals surface area (Å²) in [6.45, 7) is 8.67. The first kappa shape index (κ1) is 14.2. The van der Waals surface area contributed by atoms with Crippen molar-refractivity contribution in [2.24, 2.45) is 0 Å². The molecule has 1 aromatic rings. The molecule has 2 heterocycles. The summed E-state index contributed by atoms with van der Waals surface area (Å²) in [5.74, 6) is 0.131. The maximum atomic E-state index is 12.7. The average molecular weight is 288 g/mol. The Labute approximate surface area is 126 Å². The Morgan fingerprint density at radius 2 is 1.86 bits per heavy atom. The lowest BCUT2D eigenvalue weighted by Gasteiger charge is -2.45. The number of rotatable bonds is 1. The second kappa shape index (κ2) is 5.22. The maximum absolute atomic E-state index is 12.7. The number of amides is 1. The predicted molar refractivity (Wildman–Crippen MR) is 86.0 cm³/mol. The van der Waals surface area contributed by atoms with Crippen LogP contribution in [0.3, 0.4) is 0 Å². The van der Waals surface area contributed by atoms with E-state index in [4.69, 9.17) is 0 Å². The van der Waals surface area contributed by atoms with Gasteiger partial charge in [-0.15, -0.1) is 0 Å². The summed E-state index contributed by atoms with van der Waals surface area (Å²) in [6, 6.07) is 5.89. The fourth-order valence-corrected chi connectivity index (χ4v) is 2.97. The minimum atomic E-state index is 0.0297. The molecule has 2 aliphatic heterocycles. The van der Waals surface area contributed by atoms with Crippen LogP contribution in [0.1, 0.15) is 24.2 Å². The van der Waals surface area contributed by atoms with E-state index in [1.54, 1.807) is 0 Å². The molecule has 0 aliphatic carbocycles. The summed E-state index contributed by atoms with van der Waals surface area (Å²) in [4.78, 5) is 17.0. The fraction of sp³-hybridized carbons (Fsp3) is 0.562. The minimum Gasteiger partial charge on any atom is -0.382 e. The summed E-state index contributed by atoms with van der Waals surface area (Å²) >= 11 is 0. The normalized spacial score (nSPS) is 21.2. The number of carbonyl (C=O) groups excluding carboxylic acids is 1. The molecule has 0 saturated carbocycles. The van der Waals surface area contributed by atoms with Gasteiger partial charge in [-0.2, -0.15) is 0 Å². The van der Waals surface area contributed by atoms with E-state index in [-0.39, 0.29) is 11.4 Å².